The second-order valence-corrected chi connectivity index (χ2v) is 3.47. The number of hydrogen-bond acceptors (Lipinski definition) is 2. The third-order valence-electron chi connectivity index (χ3n) is 2.32. The van der Waals surface area contributed by atoms with E-state index in [-0.39, 0.29) is 0 Å². The van der Waals surface area contributed by atoms with Crippen LogP contribution in [0.2, 0.25) is 0 Å². The highest BCUT2D eigenvalue weighted by Gasteiger charge is 2.04. The van der Waals surface area contributed by atoms with E-state index in [1.165, 1.54) is 12.0 Å². The molecule has 0 atom stereocenters. The Kier molecular flexibility index (Phi) is 4.98. The summed E-state index contributed by atoms with van der Waals surface area (Å²) >= 11 is 0. The smallest absolute Gasteiger partial charge is 0.161 e. The van der Waals surface area contributed by atoms with E-state index in [0.717, 1.165) is 24.6 Å². The molecule has 3 nitrogen and oxygen atoms in total. The molecule has 15 heavy (non-hydrogen) atoms. The quantitative estimate of drug-likeness (QED) is 0.715. The molecule has 0 saturated carbocycles. The largest absolute Gasteiger partial charge is 0.493 e. The molecule has 84 valence electrons. The molecule has 0 heterocycles. The monoisotopic (exact) mass is 210 g/mol. The van der Waals surface area contributed by atoms with Gasteiger partial charge in [0.05, 0.1) is 20.8 Å². The van der Waals surface area contributed by atoms with Crippen molar-refractivity contribution in [3.05, 3.63) is 23.8 Å². The van der Waals surface area contributed by atoms with Crippen LogP contribution in [0.15, 0.2) is 18.2 Å². The van der Waals surface area contributed by atoms with Crippen molar-refractivity contribution < 1.29 is 14.8 Å². The van der Waals surface area contributed by atoms with Gasteiger partial charge in [0, 0.05) is 5.56 Å². The van der Waals surface area contributed by atoms with Gasteiger partial charge in [0.1, 0.15) is 6.54 Å². The van der Waals surface area contributed by atoms with Crippen LogP contribution < -0.4 is 14.8 Å². The van der Waals surface area contributed by atoms with Crippen molar-refractivity contribution in [1.82, 2.24) is 0 Å². The van der Waals surface area contributed by atoms with Crippen molar-refractivity contribution in [3.63, 3.8) is 0 Å². The Labute approximate surface area is 91.4 Å². The Morgan fingerprint density at radius 1 is 1.13 bits per heavy atom. The van der Waals surface area contributed by atoms with Gasteiger partial charge in [-0.2, -0.15) is 0 Å². The van der Waals surface area contributed by atoms with E-state index >= 15 is 0 Å². The first-order valence-corrected chi connectivity index (χ1v) is 5.34. The lowest BCUT2D eigenvalue weighted by atomic mass is 10.2. The summed E-state index contributed by atoms with van der Waals surface area (Å²) in [5, 5.41) is 2.29. The van der Waals surface area contributed by atoms with Crippen LogP contribution in [0.4, 0.5) is 0 Å². The molecule has 2 N–H and O–H groups in total. The molecule has 3 heteroatoms. The van der Waals surface area contributed by atoms with Crippen LogP contribution in [0.25, 0.3) is 0 Å². The summed E-state index contributed by atoms with van der Waals surface area (Å²) in [6, 6.07) is 6.06. The molecule has 1 aromatic carbocycles. The molecular formula is C12H20NO2+. The Bertz CT molecular complexity index is 300. The number of rotatable bonds is 6. The van der Waals surface area contributed by atoms with E-state index in [9.17, 15) is 0 Å². The Morgan fingerprint density at radius 2 is 1.87 bits per heavy atom. The molecule has 0 aromatic heterocycles. The van der Waals surface area contributed by atoms with Gasteiger partial charge in [-0.25, -0.2) is 0 Å². The molecule has 0 aliphatic heterocycles. The fraction of sp³-hybridized carbons (Fsp3) is 0.500. The van der Waals surface area contributed by atoms with Gasteiger partial charge in [0.25, 0.3) is 0 Å². The summed E-state index contributed by atoms with van der Waals surface area (Å²) in [6.45, 7) is 4.34. The number of methoxy groups -OCH3 is 2. The van der Waals surface area contributed by atoms with E-state index in [0.29, 0.717) is 0 Å². The zero-order valence-corrected chi connectivity index (χ0v) is 9.75. The Hall–Kier alpha value is -1.22. The van der Waals surface area contributed by atoms with Gasteiger partial charge >= 0.3 is 0 Å². The third kappa shape index (κ3) is 3.44. The van der Waals surface area contributed by atoms with Crippen molar-refractivity contribution in [2.75, 3.05) is 20.8 Å². The van der Waals surface area contributed by atoms with Crippen LogP contribution in [-0.2, 0) is 6.54 Å². The van der Waals surface area contributed by atoms with Gasteiger partial charge < -0.3 is 14.8 Å². The van der Waals surface area contributed by atoms with Crippen LogP contribution in [-0.4, -0.2) is 20.8 Å². The molecule has 0 unspecified atom stereocenters. The van der Waals surface area contributed by atoms with E-state index in [1.54, 1.807) is 14.2 Å². The normalized spacial score (nSPS) is 10.1. The zero-order valence-electron chi connectivity index (χ0n) is 9.75. The molecule has 0 saturated heterocycles. The van der Waals surface area contributed by atoms with Crippen molar-refractivity contribution in [3.8, 4) is 11.5 Å². The highest BCUT2D eigenvalue weighted by molar-refractivity contribution is 5.42. The van der Waals surface area contributed by atoms with E-state index < -0.39 is 0 Å². The summed E-state index contributed by atoms with van der Waals surface area (Å²) in [4.78, 5) is 0. The van der Waals surface area contributed by atoms with Gasteiger partial charge in [0.2, 0.25) is 0 Å². The maximum atomic E-state index is 5.24. The van der Waals surface area contributed by atoms with Crippen molar-refractivity contribution in [1.29, 1.82) is 0 Å². The summed E-state index contributed by atoms with van der Waals surface area (Å²) in [5.74, 6) is 1.59. The van der Waals surface area contributed by atoms with Crippen LogP contribution in [0, 0.1) is 0 Å². The number of ether oxygens (including phenoxy) is 2. The van der Waals surface area contributed by atoms with Crippen LogP contribution in [0.5, 0.6) is 11.5 Å². The molecule has 0 bridgehead atoms. The number of nitrogens with two attached hydrogens (primary N) is 1. The minimum absolute atomic E-state index is 0.789. The van der Waals surface area contributed by atoms with Gasteiger partial charge in [0.15, 0.2) is 11.5 Å². The van der Waals surface area contributed by atoms with E-state index in [2.05, 4.69) is 18.3 Å². The molecule has 1 aromatic rings. The SMILES string of the molecule is CCC[NH2+]Cc1ccc(OC)c(OC)c1. The number of hydrogen-bond donors (Lipinski definition) is 1. The second-order valence-electron chi connectivity index (χ2n) is 3.47. The highest BCUT2D eigenvalue weighted by Crippen LogP contribution is 2.27. The van der Waals surface area contributed by atoms with E-state index in [4.69, 9.17) is 9.47 Å². The third-order valence-corrected chi connectivity index (χ3v) is 2.32. The first-order valence-electron chi connectivity index (χ1n) is 5.34. The minimum Gasteiger partial charge on any atom is -0.493 e. The molecule has 1 rings (SSSR count). The summed E-state index contributed by atoms with van der Waals surface area (Å²) in [5.41, 5.74) is 1.26. The highest BCUT2D eigenvalue weighted by atomic mass is 16.5. The summed E-state index contributed by atoms with van der Waals surface area (Å²) in [7, 11) is 3.32. The Morgan fingerprint density at radius 3 is 2.47 bits per heavy atom. The molecule has 0 amide bonds. The van der Waals surface area contributed by atoms with Gasteiger partial charge in [-0.15, -0.1) is 0 Å². The lowest BCUT2D eigenvalue weighted by molar-refractivity contribution is -0.670. The lowest BCUT2D eigenvalue weighted by Crippen LogP contribution is -2.82. The van der Waals surface area contributed by atoms with Gasteiger partial charge in [-0.05, 0) is 24.6 Å². The molecule has 0 aliphatic rings. The minimum atomic E-state index is 0.789. The zero-order chi connectivity index (χ0) is 11.1. The topological polar surface area (TPSA) is 35.1 Å². The summed E-state index contributed by atoms with van der Waals surface area (Å²) < 4.78 is 10.4. The second kappa shape index (κ2) is 6.30. The fourth-order valence-electron chi connectivity index (χ4n) is 1.48. The first-order chi connectivity index (χ1) is 7.31. The van der Waals surface area contributed by atoms with Crippen molar-refractivity contribution in [2.24, 2.45) is 0 Å². The van der Waals surface area contributed by atoms with Crippen LogP contribution >= 0.6 is 0 Å². The average Bonchev–Trinajstić information content (AvgIpc) is 2.29. The molecule has 0 spiro atoms. The predicted octanol–water partition coefficient (Wildman–Crippen LogP) is 1.18. The molecular weight excluding hydrogens is 190 g/mol. The number of quaternary nitrogens is 1. The van der Waals surface area contributed by atoms with E-state index in [1.807, 2.05) is 12.1 Å². The lowest BCUT2D eigenvalue weighted by Gasteiger charge is -2.08. The summed E-state index contributed by atoms with van der Waals surface area (Å²) in [6.07, 6.45) is 1.20. The molecule has 0 fully saturated rings. The maximum Gasteiger partial charge on any atom is 0.161 e. The standard InChI is InChI=1S/C12H19NO2/c1-4-7-13-9-10-5-6-11(14-2)12(8-10)15-3/h5-6,8,13H,4,7,9H2,1-3H3/p+1. The maximum absolute atomic E-state index is 5.24. The van der Waals surface area contributed by atoms with Gasteiger partial charge in [-0.1, -0.05) is 6.92 Å². The van der Waals surface area contributed by atoms with Crippen molar-refractivity contribution in [2.45, 2.75) is 19.9 Å². The average molecular weight is 210 g/mol. The van der Waals surface area contributed by atoms with Gasteiger partial charge in [-0.3, -0.25) is 0 Å². The molecule has 0 radical (unpaired) electrons. The van der Waals surface area contributed by atoms with Crippen LogP contribution in [0.3, 0.4) is 0 Å². The fourth-order valence-corrected chi connectivity index (χ4v) is 1.48. The molecule has 0 aliphatic carbocycles. The Balaban J connectivity index is 2.66. The predicted molar refractivity (Wildman–Crippen MR) is 60.3 cm³/mol. The number of benzene rings is 1. The first kappa shape index (κ1) is 11.9. The van der Waals surface area contributed by atoms with Crippen molar-refractivity contribution >= 4 is 0 Å². The van der Waals surface area contributed by atoms with Crippen LogP contribution in [0.1, 0.15) is 18.9 Å².